The van der Waals surface area contributed by atoms with E-state index in [0.717, 1.165) is 28.7 Å². The van der Waals surface area contributed by atoms with E-state index in [1.54, 1.807) is 19.2 Å². The van der Waals surface area contributed by atoms with E-state index in [-0.39, 0.29) is 6.61 Å². The zero-order valence-electron chi connectivity index (χ0n) is 14.5. The van der Waals surface area contributed by atoms with Gasteiger partial charge >= 0.3 is 0 Å². The summed E-state index contributed by atoms with van der Waals surface area (Å²) in [5.74, 6) is 1.91. The molecule has 2 aromatic carbocycles. The summed E-state index contributed by atoms with van der Waals surface area (Å²) in [6, 6.07) is 9.28. The minimum Gasteiger partial charge on any atom is -0.493 e. The van der Waals surface area contributed by atoms with E-state index in [0.29, 0.717) is 27.5 Å². The highest BCUT2D eigenvalue weighted by Gasteiger charge is 2.13. The molecular formula is C19H22BrCl2NO2. The van der Waals surface area contributed by atoms with Crippen molar-refractivity contribution in [3.05, 3.63) is 56.0 Å². The Bertz CT molecular complexity index is 703. The molecule has 0 aromatic heterocycles. The van der Waals surface area contributed by atoms with Crippen molar-refractivity contribution < 1.29 is 9.47 Å². The average Bonchev–Trinajstić information content (AvgIpc) is 2.55. The predicted octanol–water partition coefficient (Wildman–Crippen LogP) is 6.09. The normalized spacial score (nSPS) is 11.0. The van der Waals surface area contributed by atoms with E-state index in [9.17, 15) is 0 Å². The molecule has 136 valence electrons. The maximum atomic E-state index is 6.20. The first-order valence-corrected chi connectivity index (χ1v) is 9.60. The van der Waals surface area contributed by atoms with Crippen molar-refractivity contribution in [3.8, 4) is 11.5 Å². The monoisotopic (exact) mass is 445 g/mol. The summed E-state index contributed by atoms with van der Waals surface area (Å²) in [6.07, 6.45) is 0. The molecule has 0 radical (unpaired) electrons. The van der Waals surface area contributed by atoms with Crippen LogP contribution < -0.4 is 14.8 Å². The molecule has 0 amide bonds. The van der Waals surface area contributed by atoms with Gasteiger partial charge in [-0.3, -0.25) is 0 Å². The molecule has 1 N–H and O–H groups in total. The van der Waals surface area contributed by atoms with Crippen LogP contribution in [-0.4, -0.2) is 13.7 Å². The summed E-state index contributed by atoms with van der Waals surface area (Å²) in [6.45, 7) is 6.34. The van der Waals surface area contributed by atoms with E-state index in [1.165, 1.54) is 0 Å². The van der Waals surface area contributed by atoms with Gasteiger partial charge in [0.1, 0.15) is 6.61 Å². The number of hydrogen-bond acceptors (Lipinski definition) is 3. The fraction of sp³-hybridized carbons (Fsp3) is 0.368. The van der Waals surface area contributed by atoms with Crippen LogP contribution in [0.3, 0.4) is 0 Å². The molecule has 2 aromatic rings. The molecule has 3 nitrogen and oxygen atoms in total. The van der Waals surface area contributed by atoms with E-state index >= 15 is 0 Å². The van der Waals surface area contributed by atoms with Crippen LogP contribution in [0.5, 0.6) is 11.5 Å². The standard InChI is InChI=1S/C19H22BrCl2NO2/c1-12(2)9-23-10-13-7-18(24-3)19(8-15(13)20)25-11-14-16(21)5-4-6-17(14)22/h4-8,12,23H,9-11H2,1-3H3. The maximum Gasteiger partial charge on any atom is 0.162 e. The smallest absolute Gasteiger partial charge is 0.162 e. The molecule has 2 rings (SSSR count). The SMILES string of the molecule is COc1cc(CNCC(C)C)c(Br)cc1OCc1c(Cl)cccc1Cl. The zero-order chi connectivity index (χ0) is 18.4. The van der Waals surface area contributed by atoms with E-state index in [4.69, 9.17) is 32.7 Å². The molecule has 25 heavy (non-hydrogen) atoms. The quantitative estimate of drug-likeness (QED) is 0.532. The Kier molecular flexibility index (Phi) is 7.88. The molecule has 0 spiro atoms. The summed E-state index contributed by atoms with van der Waals surface area (Å²) >= 11 is 16.0. The molecule has 6 heteroatoms. The molecule has 0 aliphatic carbocycles. The third kappa shape index (κ3) is 5.78. The third-order valence-electron chi connectivity index (χ3n) is 3.63. The van der Waals surface area contributed by atoms with Gasteiger partial charge in [-0.2, -0.15) is 0 Å². The first-order valence-electron chi connectivity index (χ1n) is 8.05. The van der Waals surface area contributed by atoms with Gasteiger partial charge in [0.25, 0.3) is 0 Å². The Balaban J connectivity index is 2.14. The van der Waals surface area contributed by atoms with Gasteiger partial charge in [0.05, 0.1) is 7.11 Å². The first-order chi connectivity index (χ1) is 11.9. The van der Waals surface area contributed by atoms with Gasteiger partial charge in [0.2, 0.25) is 0 Å². The lowest BCUT2D eigenvalue weighted by Gasteiger charge is -2.16. The summed E-state index contributed by atoms with van der Waals surface area (Å²) in [7, 11) is 1.63. The van der Waals surface area contributed by atoms with Crippen LogP contribution in [0.2, 0.25) is 10.0 Å². The predicted molar refractivity (Wildman–Crippen MR) is 108 cm³/mol. The Hall–Kier alpha value is -0.940. The number of nitrogens with one attached hydrogen (secondary N) is 1. The van der Waals surface area contributed by atoms with Crippen LogP contribution in [0, 0.1) is 5.92 Å². The number of rotatable bonds is 8. The lowest BCUT2D eigenvalue weighted by atomic mass is 10.1. The highest BCUT2D eigenvalue weighted by molar-refractivity contribution is 9.10. The van der Waals surface area contributed by atoms with E-state index in [2.05, 4.69) is 35.1 Å². The van der Waals surface area contributed by atoms with E-state index < -0.39 is 0 Å². The summed E-state index contributed by atoms with van der Waals surface area (Å²) in [5.41, 5.74) is 1.87. The minimum atomic E-state index is 0.270. The fourth-order valence-corrected chi connectivity index (χ4v) is 3.27. The van der Waals surface area contributed by atoms with Crippen LogP contribution in [0.15, 0.2) is 34.8 Å². The van der Waals surface area contributed by atoms with Crippen LogP contribution in [0.4, 0.5) is 0 Å². The molecule has 0 fully saturated rings. The largest absolute Gasteiger partial charge is 0.493 e. The van der Waals surface area contributed by atoms with Crippen molar-refractivity contribution in [2.24, 2.45) is 5.92 Å². The van der Waals surface area contributed by atoms with Crippen LogP contribution in [0.25, 0.3) is 0 Å². The molecule has 0 saturated carbocycles. The molecule has 0 bridgehead atoms. The second kappa shape index (κ2) is 9.67. The zero-order valence-corrected chi connectivity index (χ0v) is 17.6. The van der Waals surface area contributed by atoms with Crippen molar-refractivity contribution in [1.29, 1.82) is 0 Å². The minimum absolute atomic E-state index is 0.270. The molecule has 0 saturated heterocycles. The summed E-state index contributed by atoms with van der Waals surface area (Å²) in [5, 5.41) is 4.59. The Labute approximate surface area is 167 Å². The summed E-state index contributed by atoms with van der Waals surface area (Å²) < 4.78 is 12.4. The van der Waals surface area contributed by atoms with Gasteiger partial charge in [-0.1, -0.05) is 59.0 Å². The van der Waals surface area contributed by atoms with Gasteiger partial charge in [-0.05, 0) is 42.3 Å². The van der Waals surface area contributed by atoms with Crippen molar-refractivity contribution in [3.63, 3.8) is 0 Å². The van der Waals surface area contributed by atoms with Crippen molar-refractivity contribution in [1.82, 2.24) is 5.32 Å². The Morgan fingerprint density at radius 2 is 1.80 bits per heavy atom. The molecule has 0 aliphatic heterocycles. The van der Waals surface area contributed by atoms with Gasteiger partial charge < -0.3 is 14.8 Å². The Morgan fingerprint density at radius 3 is 2.40 bits per heavy atom. The second-order valence-electron chi connectivity index (χ2n) is 6.11. The van der Waals surface area contributed by atoms with Crippen LogP contribution in [-0.2, 0) is 13.2 Å². The van der Waals surface area contributed by atoms with Gasteiger partial charge in [-0.15, -0.1) is 0 Å². The molecule has 0 atom stereocenters. The molecule has 0 heterocycles. The van der Waals surface area contributed by atoms with Crippen LogP contribution in [0.1, 0.15) is 25.0 Å². The van der Waals surface area contributed by atoms with Gasteiger partial charge in [0, 0.05) is 26.6 Å². The molecular weight excluding hydrogens is 425 g/mol. The third-order valence-corrected chi connectivity index (χ3v) is 5.08. The van der Waals surface area contributed by atoms with Crippen molar-refractivity contribution in [2.75, 3.05) is 13.7 Å². The Morgan fingerprint density at radius 1 is 1.12 bits per heavy atom. The molecule has 0 aliphatic rings. The molecule has 0 unspecified atom stereocenters. The number of methoxy groups -OCH3 is 1. The van der Waals surface area contributed by atoms with E-state index in [1.807, 2.05) is 18.2 Å². The maximum absolute atomic E-state index is 6.20. The highest BCUT2D eigenvalue weighted by atomic mass is 79.9. The lowest BCUT2D eigenvalue weighted by molar-refractivity contribution is 0.284. The van der Waals surface area contributed by atoms with Crippen LogP contribution >= 0.6 is 39.1 Å². The number of benzene rings is 2. The second-order valence-corrected chi connectivity index (χ2v) is 7.78. The number of hydrogen-bond donors (Lipinski definition) is 1. The lowest BCUT2D eigenvalue weighted by Crippen LogP contribution is -2.19. The highest BCUT2D eigenvalue weighted by Crippen LogP contribution is 2.35. The van der Waals surface area contributed by atoms with Crippen molar-refractivity contribution in [2.45, 2.75) is 27.0 Å². The number of halogens is 3. The topological polar surface area (TPSA) is 30.5 Å². The summed E-state index contributed by atoms with van der Waals surface area (Å²) in [4.78, 5) is 0. The van der Waals surface area contributed by atoms with Gasteiger partial charge in [0.15, 0.2) is 11.5 Å². The van der Waals surface area contributed by atoms with Gasteiger partial charge in [-0.25, -0.2) is 0 Å². The van der Waals surface area contributed by atoms with Crippen molar-refractivity contribution >= 4 is 39.1 Å². The fourth-order valence-electron chi connectivity index (χ4n) is 2.30. The average molecular weight is 447 g/mol. The number of ether oxygens (including phenoxy) is 2. The first kappa shape index (κ1) is 20.4.